The summed E-state index contributed by atoms with van der Waals surface area (Å²) < 4.78 is 0. The van der Waals surface area contributed by atoms with Crippen molar-refractivity contribution >= 4 is 17.3 Å². The Hall–Kier alpha value is -3.06. The summed E-state index contributed by atoms with van der Waals surface area (Å²) in [7, 11) is 0. The molecule has 0 aliphatic carbocycles. The molecule has 0 unspecified atom stereocenters. The molecule has 20 heavy (non-hydrogen) atoms. The van der Waals surface area contributed by atoms with Crippen LogP contribution in [0.25, 0.3) is 22.3 Å². The first kappa shape index (κ1) is 12.0. The SMILES string of the molecule is N#Cc1ccc(-c2nc3ccccc3nc2C=O)cc1. The lowest BCUT2D eigenvalue weighted by Crippen LogP contribution is -1.97. The van der Waals surface area contributed by atoms with Gasteiger partial charge in [0.05, 0.1) is 22.7 Å². The van der Waals surface area contributed by atoms with Crippen molar-refractivity contribution in [2.75, 3.05) is 0 Å². The lowest BCUT2D eigenvalue weighted by Gasteiger charge is -2.06. The summed E-state index contributed by atoms with van der Waals surface area (Å²) >= 11 is 0. The Morgan fingerprint density at radius 2 is 1.60 bits per heavy atom. The summed E-state index contributed by atoms with van der Waals surface area (Å²) in [5.41, 5.74) is 3.58. The lowest BCUT2D eigenvalue weighted by atomic mass is 10.1. The predicted octanol–water partition coefficient (Wildman–Crippen LogP) is 2.98. The van der Waals surface area contributed by atoms with Crippen molar-refractivity contribution in [3.8, 4) is 17.3 Å². The fourth-order valence-electron chi connectivity index (χ4n) is 2.01. The van der Waals surface area contributed by atoms with E-state index in [2.05, 4.69) is 16.0 Å². The molecule has 2 aromatic carbocycles. The molecule has 0 saturated heterocycles. The first-order valence-electron chi connectivity index (χ1n) is 6.04. The van der Waals surface area contributed by atoms with Gasteiger partial charge in [-0.2, -0.15) is 5.26 Å². The Labute approximate surface area is 115 Å². The molecule has 4 heteroatoms. The number of aldehydes is 1. The van der Waals surface area contributed by atoms with Crippen LogP contribution in [0.2, 0.25) is 0 Å². The first-order chi connectivity index (χ1) is 9.81. The van der Waals surface area contributed by atoms with Crippen LogP contribution in [0.5, 0.6) is 0 Å². The van der Waals surface area contributed by atoms with Gasteiger partial charge in [-0.3, -0.25) is 4.79 Å². The first-order valence-corrected chi connectivity index (χ1v) is 6.04. The molecule has 0 saturated carbocycles. The van der Waals surface area contributed by atoms with Gasteiger partial charge >= 0.3 is 0 Å². The molecule has 94 valence electrons. The van der Waals surface area contributed by atoms with Gasteiger partial charge in [0, 0.05) is 5.56 Å². The van der Waals surface area contributed by atoms with Gasteiger partial charge in [-0.25, -0.2) is 9.97 Å². The summed E-state index contributed by atoms with van der Waals surface area (Å²) in [4.78, 5) is 20.0. The molecule has 0 spiro atoms. The van der Waals surface area contributed by atoms with E-state index < -0.39 is 0 Å². The lowest BCUT2D eigenvalue weighted by molar-refractivity contribution is 0.111. The molecule has 1 aromatic heterocycles. The minimum Gasteiger partial charge on any atom is -0.296 e. The zero-order valence-corrected chi connectivity index (χ0v) is 10.4. The summed E-state index contributed by atoms with van der Waals surface area (Å²) in [6.07, 6.45) is 0.701. The average Bonchev–Trinajstić information content (AvgIpc) is 2.53. The number of aromatic nitrogens is 2. The Kier molecular flexibility index (Phi) is 2.94. The second-order valence-electron chi connectivity index (χ2n) is 4.25. The van der Waals surface area contributed by atoms with Crippen LogP contribution in [-0.2, 0) is 0 Å². The molecule has 4 nitrogen and oxygen atoms in total. The van der Waals surface area contributed by atoms with Crippen molar-refractivity contribution in [1.29, 1.82) is 5.26 Å². The smallest absolute Gasteiger partial charge is 0.170 e. The van der Waals surface area contributed by atoms with E-state index in [-0.39, 0.29) is 0 Å². The molecule has 3 aromatic rings. The van der Waals surface area contributed by atoms with E-state index in [9.17, 15) is 4.79 Å². The molecule has 0 atom stereocenters. The Balaban J connectivity index is 2.23. The Bertz CT molecular complexity index is 832. The quantitative estimate of drug-likeness (QED) is 0.663. The highest BCUT2D eigenvalue weighted by Crippen LogP contribution is 2.22. The number of nitrogens with zero attached hydrogens (tertiary/aromatic N) is 3. The number of benzene rings is 2. The molecule has 3 rings (SSSR count). The molecule has 0 fully saturated rings. The largest absolute Gasteiger partial charge is 0.296 e. The second-order valence-corrected chi connectivity index (χ2v) is 4.25. The van der Waals surface area contributed by atoms with Gasteiger partial charge in [-0.1, -0.05) is 24.3 Å². The summed E-state index contributed by atoms with van der Waals surface area (Å²) in [5.74, 6) is 0. The average molecular weight is 259 g/mol. The number of hydrogen-bond donors (Lipinski definition) is 0. The fraction of sp³-hybridized carbons (Fsp3) is 0. The topological polar surface area (TPSA) is 66.6 Å². The highest BCUT2D eigenvalue weighted by molar-refractivity contribution is 5.88. The van der Waals surface area contributed by atoms with E-state index in [4.69, 9.17) is 5.26 Å². The summed E-state index contributed by atoms with van der Waals surface area (Å²) in [6.45, 7) is 0. The third kappa shape index (κ3) is 2.02. The normalized spacial score (nSPS) is 10.2. The molecular weight excluding hydrogens is 250 g/mol. The van der Waals surface area contributed by atoms with Gasteiger partial charge < -0.3 is 0 Å². The van der Waals surface area contributed by atoms with Crippen LogP contribution in [-0.4, -0.2) is 16.3 Å². The standard InChI is InChI=1S/C16H9N3O/c17-9-11-5-7-12(8-6-11)16-15(10-20)18-13-3-1-2-4-14(13)19-16/h1-8,10H. The zero-order valence-electron chi connectivity index (χ0n) is 10.4. The molecule has 0 radical (unpaired) electrons. The number of rotatable bonds is 2. The minimum atomic E-state index is 0.299. The zero-order chi connectivity index (χ0) is 13.9. The van der Waals surface area contributed by atoms with Crippen LogP contribution < -0.4 is 0 Å². The minimum absolute atomic E-state index is 0.299. The molecule has 0 bridgehead atoms. The fourth-order valence-corrected chi connectivity index (χ4v) is 2.01. The number of para-hydroxylation sites is 2. The van der Waals surface area contributed by atoms with Gasteiger partial charge in [0.2, 0.25) is 0 Å². The van der Waals surface area contributed by atoms with E-state index in [0.29, 0.717) is 28.8 Å². The molecule has 1 heterocycles. The van der Waals surface area contributed by atoms with Crippen molar-refractivity contribution < 1.29 is 4.79 Å². The van der Waals surface area contributed by atoms with Crippen molar-refractivity contribution in [3.63, 3.8) is 0 Å². The van der Waals surface area contributed by atoms with Crippen LogP contribution in [0.4, 0.5) is 0 Å². The molecule has 0 amide bonds. The summed E-state index contributed by atoms with van der Waals surface area (Å²) in [6, 6.07) is 16.4. The number of fused-ring (bicyclic) bond motifs is 1. The molecule has 0 aliphatic rings. The number of nitriles is 1. The van der Waals surface area contributed by atoms with E-state index in [1.54, 1.807) is 24.3 Å². The monoisotopic (exact) mass is 259 g/mol. The predicted molar refractivity (Wildman–Crippen MR) is 75.1 cm³/mol. The maximum atomic E-state index is 11.2. The third-order valence-electron chi connectivity index (χ3n) is 3.00. The van der Waals surface area contributed by atoms with Crippen molar-refractivity contribution in [2.24, 2.45) is 0 Å². The van der Waals surface area contributed by atoms with E-state index in [1.807, 2.05) is 24.3 Å². The van der Waals surface area contributed by atoms with Gasteiger partial charge in [0.1, 0.15) is 11.4 Å². The second kappa shape index (κ2) is 4.90. The molecular formula is C16H9N3O. The molecule has 0 N–H and O–H groups in total. The highest BCUT2D eigenvalue weighted by atomic mass is 16.1. The maximum absolute atomic E-state index is 11.2. The van der Waals surface area contributed by atoms with Crippen molar-refractivity contribution in [3.05, 3.63) is 59.8 Å². The number of hydrogen-bond acceptors (Lipinski definition) is 4. The van der Waals surface area contributed by atoms with Crippen LogP contribution in [0, 0.1) is 11.3 Å². The van der Waals surface area contributed by atoms with Crippen molar-refractivity contribution in [2.45, 2.75) is 0 Å². The van der Waals surface area contributed by atoms with Gasteiger partial charge in [0.25, 0.3) is 0 Å². The van der Waals surface area contributed by atoms with Gasteiger partial charge in [-0.05, 0) is 24.3 Å². The van der Waals surface area contributed by atoms with E-state index >= 15 is 0 Å². The highest BCUT2D eigenvalue weighted by Gasteiger charge is 2.10. The van der Waals surface area contributed by atoms with Crippen LogP contribution >= 0.6 is 0 Å². The van der Waals surface area contributed by atoms with Gasteiger partial charge in [-0.15, -0.1) is 0 Å². The van der Waals surface area contributed by atoms with E-state index in [1.165, 1.54) is 0 Å². The Morgan fingerprint density at radius 3 is 2.20 bits per heavy atom. The number of carbonyl (C=O) groups excluding carboxylic acids is 1. The van der Waals surface area contributed by atoms with Crippen LogP contribution in [0.15, 0.2) is 48.5 Å². The Morgan fingerprint density at radius 1 is 0.950 bits per heavy atom. The number of carbonyl (C=O) groups is 1. The molecule has 0 aliphatic heterocycles. The van der Waals surface area contributed by atoms with Gasteiger partial charge in [0.15, 0.2) is 6.29 Å². The maximum Gasteiger partial charge on any atom is 0.170 e. The van der Waals surface area contributed by atoms with Crippen molar-refractivity contribution in [1.82, 2.24) is 9.97 Å². The van der Waals surface area contributed by atoms with Crippen LogP contribution in [0.1, 0.15) is 16.1 Å². The third-order valence-corrected chi connectivity index (χ3v) is 3.00. The summed E-state index contributed by atoms with van der Waals surface area (Å²) in [5, 5.41) is 8.81. The van der Waals surface area contributed by atoms with Crippen LogP contribution in [0.3, 0.4) is 0 Å². The van der Waals surface area contributed by atoms with E-state index in [0.717, 1.165) is 11.1 Å².